The zero-order valence-corrected chi connectivity index (χ0v) is 14.1. The first kappa shape index (κ1) is 15.2. The number of hydrogen-bond acceptors (Lipinski definition) is 4. The van der Waals surface area contributed by atoms with E-state index < -0.39 is 5.97 Å². The molecule has 0 spiro atoms. The van der Waals surface area contributed by atoms with E-state index in [2.05, 4.69) is 22.6 Å². The van der Waals surface area contributed by atoms with Crippen LogP contribution in [0.5, 0.6) is 0 Å². The molecule has 2 aromatic rings. The number of hydrogen-bond donors (Lipinski definition) is 0. The number of halogens is 1. The Kier molecular flexibility index (Phi) is 4.93. The first-order valence-electron chi connectivity index (χ1n) is 6.01. The zero-order chi connectivity index (χ0) is 14.7. The Hall–Kier alpha value is -1.21. The van der Waals surface area contributed by atoms with Crippen molar-refractivity contribution in [2.45, 2.75) is 13.8 Å². The third-order valence-electron chi connectivity index (χ3n) is 2.77. The van der Waals surface area contributed by atoms with Gasteiger partial charge in [0.25, 0.3) is 0 Å². The maximum absolute atomic E-state index is 12.0. The van der Waals surface area contributed by atoms with E-state index in [9.17, 15) is 9.59 Å². The lowest BCUT2D eigenvalue weighted by Gasteiger charge is -2.05. The van der Waals surface area contributed by atoms with E-state index in [1.54, 1.807) is 23.5 Å². The predicted octanol–water partition coefficient (Wildman–Crippen LogP) is 4.01. The molecule has 5 heteroatoms. The Morgan fingerprint density at radius 3 is 2.50 bits per heavy atom. The Labute approximate surface area is 135 Å². The minimum Gasteiger partial charge on any atom is -0.454 e. The van der Waals surface area contributed by atoms with Crippen molar-refractivity contribution in [2.24, 2.45) is 0 Å². The summed E-state index contributed by atoms with van der Waals surface area (Å²) < 4.78 is 5.91. The molecule has 0 saturated carbocycles. The molecule has 0 N–H and O–H groups in total. The van der Waals surface area contributed by atoms with E-state index in [4.69, 9.17) is 4.74 Å². The van der Waals surface area contributed by atoms with Gasteiger partial charge >= 0.3 is 5.97 Å². The Morgan fingerprint density at radius 1 is 1.20 bits per heavy atom. The summed E-state index contributed by atoms with van der Waals surface area (Å²) in [6, 6.07) is 8.97. The van der Waals surface area contributed by atoms with Gasteiger partial charge in [-0.1, -0.05) is 12.1 Å². The fraction of sp³-hybridized carbons (Fsp3) is 0.200. The highest BCUT2D eigenvalue weighted by Crippen LogP contribution is 2.21. The molecule has 0 aliphatic heterocycles. The number of rotatable bonds is 4. The quantitative estimate of drug-likeness (QED) is 0.443. The van der Waals surface area contributed by atoms with Crippen LogP contribution >= 0.6 is 33.9 Å². The van der Waals surface area contributed by atoms with Crippen molar-refractivity contribution in [1.29, 1.82) is 0 Å². The fourth-order valence-electron chi connectivity index (χ4n) is 1.82. The van der Waals surface area contributed by atoms with Crippen molar-refractivity contribution in [3.63, 3.8) is 0 Å². The van der Waals surface area contributed by atoms with E-state index in [0.29, 0.717) is 11.1 Å². The van der Waals surface area contributed by atoms with Crippen LogP contribution in [0.2, 0.25) is 0 Å². The number of ketones is 1. The highest BCUT2D eigenvalue weighted by Gasteiger charge is 2.16. The maximum Gasteiger partial charge on any atom is 0.339 e. The number of Topliss-reactive ketones (excluding diaryl/α,β-unsaturated/α-hetero) is 1. The van der Waals surface area contributed by atoms with E-state index in [1.807, 2.05) is 32.0 Å². The summed E-state index contributed by atoms with van der Waals surface area (Å²) in [6.07, 6.45) is 0. The van der Waals surface area contributed by atoms with Gasteiger partial charge in [0, 0.05) is 18.9 Å². The lowest BCUT2D eigenvalue weighted by Crippen LogP contribution is -2.15. The van der Waals surface area contributed by atoms with Crippen LogP contribution in [0.25, 0.3) is 0 Å². The third kappa shape index (κ3) is 3.46. The lowest BCUT2D eigenvalue weighted by molar-refractivity contribution is 0.0473. The van der Waals surface area contributed by atoms with Crippen LogP contribution in [0.15, 0.2) is 30.3 Å². The first-order valence-corrected chi connectivity index (χ1v) is 7.90. The first-order chi connectivity index (χ1) is 9.49. The molecule has 104 valence electrons. The predicted molar refractivity (Wildman–Crippen MR) is 87.6 cm³/mol. The second-order valence-corrected chi connectivity index (χ2v) is 6.93. The van der Waals surface area contributed by atoms with Crippen LogP contribution in [0.1, 0.15) is 30.5 Å². The summed E-state index contributed by atoms with van der Waals surface area (Å²) >= 11 is 3.64. The van der Waals surface area contributed by atoms with Gasteiger partial charge < -0.3 is 4.74 Å². The van der Waals surface area contributed by atoms with Gasteiger partial charge in [0.2, 0.25) is 5.78 Å². The minimum absolute atomic E-state index is 0.161. The van der Waals surface area contributed by atoms with Crippen molar-refractivity contribution in [3.05, 3.63) is 54.8 Å². The molecule has 0 radical (unpaired) electrons. The van der Waals surface area contributed by atoms with Gasteiger partial charge in [-0.25, -0.2) is 4.79 Å². The molecular formula is C15H13IO3S. The van der Waals surface area contributed by atoms with E-state index in [0.717, 1.165) is 13.3 Å². The Morgan fingerprint density at radius 2 is 1.90 bits per heavy atom. The lowest BCUT2D eigenvalue weighted by atomic mass is 10.2. The summed E-state index contributed by atoms with van der Waals surface area (Å²) in [5.74, 6) is -0.626. The van der Waals surface area contributed by atoms with Crippen LogP contribution in [-0.4, -0.2) is 18.4 Å². The molecule has 0 aliphatic carbocycles. The average molecular weight is 400 g/mol. The molecular weight excluding hydrogens is 387 g/mol. The van der Waals surface area contributed by atoms with Gasteiger partial charge in [-0.2, -0.15) is 0 Å². The second-order valence-electron chi connectivity index (χ2n) is 4.31. The largest absolute Gasteiger partial charge is 0.454 e. The topological polar surface area (TPSA) is 43.4 Å². The number of esters is 1. The van der Waals surface area contributed by atoms with Crippen molar-refractivity contribution in [1.82, 2.24) is 0 Å². The Balaban J connectivity index is 2.02. The summed E-state index contributed by atoms with van der Waals surface area (Å²) in [4.78, 5) is 26.0. The van der Waals surface area contributed by atoms with E-state index in [-0.39, 0.29) is 12.4 Å². The summed E-state index contributed by atoms with van der Waals surface area (Å²) in [5.41, 5.74) is 1.13. The Bertz CT molecular complexity index is 661. The summed E-state index contributed by atoms with van der Waals surface area (Å²) in [5, 5.41) is 0. The highest BCUT2D eigenvalue weighted by atomic mass is 127. The molecule has 0 aliphatic rings. The summed E-state index contributed by atoms with van der Waals surface area (Å²) in [7, 11) is 0. The number of carbonyl (C=O) groups is 2. The monoisotopic (exact) mass is 400 g/mol. The van der Waals surface area contributed by atoms with Crippen molar-refractivity contribution in [2.75, 3.05) is 6.61 Å². The van der Waals surface area contributed by atoms with E-state index in [1.165, 1.54) is 0 Å². The molecule has 0 fully saturated rings. The van der Waals surface area contributed by atoms with Gasteiger partial charge in [0.15, 0.2) is 6.61 Å². The molecule has 0 atom stereocenters. The standard InChI is InChI=1S/C15H13IO3S/c1-9-7-12(10(2)20-9)14(17)8-19-15(18)11-5-3-4-6-13(11)16/h3-7H,8H2,1-2H3. The number of thiophene rings is 1. The van der Waals surface area contributed by atoms with Gasteiger partial charge in [0.05, 0.1) is 5.56 Å². The molecule has 1 aromatic carbocycles. The van der Waals surface area contributed by atoms with Crippen LogP contribution < -0.4 is 0 Å². The van der Waals surface area contributed by atoms with Gasteiger partial charge in [-0.3, -0.25) is 4.79 Å². The fourth-order valence-corrected chi connectivity index (χ4v) is 3.37. The smallest absolute Gasteiger partial charge is 0.339 e. The van der Waals surface area contributed by atoms with Crippen LogP contribution in [-0.2, 0) is 4.74 Å². The van der Waals surface area contributed by atoms with Crippen molar-refractivity contribution in [3.8, 4) is 0 Å². The molecule has 1 aromatic heterocycles. The SMILES string of the molecule is Cc1cc(C(=O)COC(=O)c2ccccc2I)c(C)s1. The zero-order valence-electron chi connectivity index (χ0n) is 11.1. The highest BCUT2D eigenvalue weighted by molar-refractivity contribution is 14.1. The molecule has 0 saturated heterocycles. The number of carbonyl (C=O) groups excluding carboxylic acids is 2. The number of aryl methyl sites for hydroxylation is 2. The van der Waals surface area contributed by atoms with Crippen LogP contribution in [0.4, 0.5) is 0 Å². The molecule has 1 heterocycles. The number of ether oxygens (including phenoxy) is 1. The number of benzene rings is 1. The van der Waals surface area contributed by atoms with Gasteiger partial charge in [0.1, 0.15) is 0 Å². The van der Waals surface area contributed by atoms with E-state index >= 15 is 0 Å². The van der Waals surface area contributed by atoms with Crippen molar-refractivity contribution < 1.29 is 14.3 Å². The van der Waals surface area contributed by atoms with Gasteiger partial charge in [-0.05, 0) is 54.6 Å². The second kappa shape index (κ2) is 6.49. The third-order valence-corrected chi connectivity index (χ3v) is 4.68. The summed E-state index contributed by atoms with van der Waals surface area (Å²) in [6.45, 7) is 3.63. The van der Waals surface area contributed by atoms with Crippen molar-refractivity contribution >= 4 is 45.7 Å². The molecule has 20 heavy (non-hydrogen) atoms. The molecule has 0 bridgehead atoms. The van der Waals surface area contributed by atoms with Gasteiger partial charge in [-0.15, -0.1) is 11.3 Å². The molecule has 0 unspecified atom stereocenters. The van der Waals surface area contributed by atoms with Crippen LogP contribution in [0, 0.1) is 17.4 Å². The molecule has 0 amide bonds. The molecule has 3 nitrogen and oxygen atoms in total. The maximum atomic E-state index is 12.0. The van der Waals surface area contributed by atoms with Crippen LogP contribution in [0.3, 0.4) is 0 Å². The minimum atomic E-state index is -0.465. The average Bonchev–Trinajstić information content (AvgIpc) is 2.75. The normalized spacial score (nSPS) is 10.3. The molecule has 2 rings (SSSR count).